The summed E-state index contributed by atoms with van der Waals surface area (Å²) in [6, 6.07) is 10.4. The minimum absolute atomic E-state index is 0.761. The molecular weight excluding hydrogens is 294 g/mol. The van der Waals surface area contributed by atoms with E-state index in [-0.39, 0.29) is 0 Å². The Bertz CT molecular complexity index is 608. The van der Waals surface area contributed by atoms with Gasteiger partial charge < -0.3 is 15.1 Å². The van der Waals surface area contributed by atoms with Crippen LogP contribution in [-0.2, 0) is 13.0 Å². The molecule has 0 fully saturated rings. The second kappa shape index (κ2) is 8.54. The number of benzene rings is 1. The van der Waals surface area contributed by atoms with Crippen molar-refractivity contribution in [1.82, 2.24) is 10.6 Å². The minimum Gasteiger partial charge on any atom is -0.469 e. The molecule has 0 aliphatic heterocycles. The van der Waals surface area contributed by atoms with Gasteiger partial charge in [0.25, 0.3) is 0 Å². The monoisotopic (exact) mass is 317 g/mol. The van der Waals surface area contributed by atoms with E-state index < -0.39 is 0 Å². The molecule has 1 heterocycles. The van der Waals surface area contributed by atoms with E-state index in [4.69, 9.17) is 4.42 Å². The molecular formula is C17H23N3OS. The van der Waals surface area contributed by atoms with Crippen LogP contribution in [0.5, 0.6) is 0 Å². The third kappa shape index (κ3) is 4.84. The Balaban J connectivity index is 1.83. The van der Waals surface area contributed by atoms with Gasteiger partial charge in [0, 0.05) is 31.5 Å². The lowest BCUT2D eigenvalue weighted by Gasteiger charge is -2.13. The summed E-state index contributed by atoms with van der Waals surface area (Å²) in [6.07, 6.45) is 4.65. The van der Waals surface area contributed by atoms with Crippen LogP contribution in [0.4, 0.5) is 0 Å². The topological polar surface area (TPSA) is 49.6 Å². The van der Waals surface area contributed by atoms with E-state index in [0.29, 0.717) is 0 Å². The lowest BCUT2D eigenvalue weighted by molar-refractivity contribution is 0.507. The van der Waals surface area contributed by atoms with E-state index in [2.05, 4.69) is 47.0 Å². The molecule has 118 valence electrons. The molecule has 0 aliphatic rings. The van der Waals surface area contributed by atoms with E-state index in [1.54, 1.807) is 25.1 Å². The number of hydrogen-bond donors (Lipinski definition) is 2. The van der Waals surface area contributed by atoms with Crippen LogP contribution >= 0.6 is 11.8 Å². The standard InChI is InChI=1S/C17H23N3OS/c1-13-6-7-14(16(11-13)22-3)12-20-17(18-2)19-9-8-15-5-4-10-21-15/h4-7,10-11H,8-9,12H2,1-3H3,(H2,18,19,20). The normalized spacial score (nSPS) is 11.5. The van der Waals surface area contributed by atoms with Crippen LogP contribution in [0.1, 0.15) is 16.9 Å². The molecule has 2 N–H and O–H groups in total. The number of rotatable bonds is 6. The largest absolute Gasteiger partial charge is 0.469 e. The number of guanidine groups is 1. The summed E-state index contributed by atoms with van der Waals surface area (Å²) in [5.41, 5.74) is 2.57. The molecule has 4 nitrogen and oxygen atoms in total. The molecule has 0 unspecified atom stereocenters. The lowest BCUT2D eigenvalue weighted by Crippen LogP contribution is -2.37. The first-order valence-corrected chi connectivity index (χ1v) is 8.56. The zero-order chi connectivity index (χ0) is 15.8. The maximum atomic E-state index is 5.32. The van der Waals surface area contributed by atoms with Crippen LogP contribution in [0.25, 0.3) is 0 Å². The summed E-state index contributed by atoms with van der Waals surface area (Å²) >= 11 is 1.77. The minimum atomic E-state index is 0.761. The molecule has 0 atom stereocenters. The zero-order valence-electron chi connectivity index (χ0n) is 13.3. The van der Waals surface area contributed by atoms with Crippen LogP contribution in [0.15, 0.2) is 50.9 Å². The number of hydrogen-bond acceptors (Lipinski definition) is 3. The molecule has 1 aromatic carbocycles. The first kappa shape index (κ1) is 16.5. The number of thioether (sulfide) groups is 1. The van der Waals surface area contributed by atoms with Crippen molar-refractivity contribution < 1.29 is 4.42 Å². The van der Waals surface area contributed by atoms with Crippen molar-refractivity contribution in [3.8, 4) is 0 Å². The van der Waals surface area contributed by atoms with Crippen LogP contribution in [-0.4, -0.2) is 25.8 Å². The number of aliphatic imine (C=N–C) groups is 1. The second-order valence-corrected chi connectivity index (χ2v) is 5.85. The molecule has 0 aliphatic carbocycles. The number of aryl methyl sites for hydroxylation is 1. The number of nitrogens with zero attached hydrogens (tertiary/aromatic N) is 1. The third-order valence-corrected chi connectivity index (χ3v) is 4.18. The molecule has 0 radical (unpaired) electrons. The lowest BCUT2D eigenvalue weighted by atomic mass is 10.1. The van der Waals surface area contributed by atoms with Crippen molar-refractivity contribution in [3.63, 3.8) is 0 Å². The first-order valence-electron chi connectivity index (χ1n) is 7.33. The van der Waals surface area contributed by atoms with Crippen molar-refractivity contribution in [2.45, 2.75) is 24.8 Å². The Morgan fingerprint density at radius 2 is 2.14 bits per heavy atom. The third-order valence-electron chi connectivity index (χ3n) is 3.36. The van der Waals surface area contributed by atoms with E-state index in [0.717, 1.165) is 31.2 Å². The highest BCUT2D eigenvalue weighted by Gasteiger charge is 2.04. The van der Waals surface area contributed by atoms with E-state index in [1.165, 1.54) is 16.0 Å². The zero-order valence-corrected chi connectivity index (χ0v) is 14.2. The summed E-state index contributed by atoms with van der Waals surface area (Å²) < 4.78 is 5.32. The molecule has 0 amide bonds. The van der Waals surface area contributed by atoms with Gasteiger partial charge in [0.05, 0.1) is 6.26 Å². The van der Waals surface area contributed by atoms with Gasteiger partial charge in [-0.15, -0.1) is 11.8 Å². The first-order chi connectivity index (χ1) is 10.7. The smallest absolute Gasteiger partial charge is 0.191 e. The molecule has 22 heavy (non-hydrogen) atoms. The molecule has 2 rings (SSSR count). The molecule has 5 heteroatoms. The highest BCUT2D eigenvalue weighted by molar-refractivity contribution is 7.98. The van der Waals surface area contributed by atoms with Crippen molar-refractivity contribution in [1.29, 1.82) is 0 Å². The van der Waals surface area contributed by atoms with Crippen LogP contribution in [0, 0.1) is 6.92 Å². The summed E-state index contributed by atoms with van der Waals surface area (Å²) in [5.74, 6) is 1.78. The predicted molar refractivity (Wildman–Crippen MR) is 93.6 cm³/mol. The van der Waals surface area contributed by atoms with Crippen LogP contribution in [0.2, 0.25) is 0 Å². The fourth-order valence-electron chi connectivity index (χ4n) is 2.16. The fourth-order valence-corrected chi connectivity index (χ4v) is 2.86. The molecule has 2 aromatic rings. The Hall–Kier alpha value is -1.88. The molecule has 0 saturated heterocycles. The van der Waals surface area contributed by atoms with Crippen molar-refractivity contribution in [2.75, 3.05) is 19.8 Å². The van der Waals surface area contributed by atoms with Gasteiger partial charge >= 0.3 is 0 Å². The van der Waals surface area contributed by atoms with Gasteiger partial charge in [0.15, 0.2) is 5.96 Å². The summed E-state index contributed by atoms with van der Waals surface area (Å²) in [5, 5.41) is 6.65. The Labute approximate surface area is 136 Å². The van der Waals surface area contributed by atoms with Gasteiger partial charge in [-0.3, -0.25) is 4.99 Å². The van der Waals surface area contributed by atoms with E-state index in [1.807, 2.05) is 12.1 Å². The summed E-state index contributed by atoms with van der Waals surface area (Å²) in [6.45, 7) is 3.67. The molecule has 0 bridgehead atoms. The average Bonchev–Trinajstić information content (AvgIpc) is 3.04. The maximum absolute atomic E-state index is 5.32. The molecule has 0 spiro atoms. The Morgan fingerprint density at radius 3 is 2.82 bits per heavy atom. The van der Waals surface area contributed by atoms with Gasteiger partial charge in [-0.2, -0.15) is 0 Å². The van der Waals surface area contributed by atoms with Crippen molar-refractivity contribution in [3.05, 3.63) is 53.5 Å². The Kier molecular flexibility index (Phi) is 6.40. The molecule has 1 aromatic heterocycles. The van der Waals surface area contributed by atoms with Crippen LogP contribution < -0.4 is 10.6 Å². The van der Waals surface area contributed by atoms with Crippen LogP contribution in [0.3, 0.4) is 0 Å². The highest BCUT2D eigenvalue weighted by atomic mass is 32.2. The fraction of sp³-hybridized carbons (Fsp3) is 0.353. The second-order valence-electron chi connectivity index (χ2n) is 5.00. The van der Waals surface area contributed by atoms with E-state index >= 15 is 0 Å². The van der Waals surface area contributed by atoms with Gasteiger partial charge in [-0.1, -0.05) is 12.1 Å². The molecule has 0 saturated carbocycles. The SMILES string of the molecule is CN=C(NCCc1ccco1)NCc1ccc(C)cc1SC. The van der Waals surface area contributed by atoms with E-state index in [9.17, 15) is 0 Å². The summed E-state index contributed by atoms with van der Waals surface area (Å²) in [4.78, 5) is 5.56. The number of furan rings is 1. The Morgan fingerprint density at radius 1 is 1.27 bits per heavy atom. The highest BCUT2D eigenvalue weighted by Crippen LogP contribution is 2.21. The van der Waals surface area contributed by atoms with Crippen molar-refractivity contribution in [2.24, 2.45) is 4.99 Å². The van der Waals surface area contributed by atoms with Gasteiger partial charge in [-0.25, -0.2) is 0 Å². The average molecular weight is 317 g/mol. The van der Waals surface area contributed by atoms with Gasteiger partial charge in [-0.05, 0) is 42.5 Å². The van der Waals surface area contributed by atoms with Gasteiger partial charge in [0.2, 0.25) is 0 Å². The maximum Gasteiger partial charge on any atom is 0.191 e. The number of nitrogens with one attached hydrogen (secondary N) is 2. The van der Waals surface area contributed by atoms with Crippen molar-refractivity contribution >= 4 is 17.7 Å². The quantitative estimate of drug-likeness (QED) is 0.488. The predicted octanol–water partition coefficient (Wildman–Crippen LogP) is 3.22. The van der Waals surface area contributed by atoms with Gasteiger partial charge in [0.1, 0.15) is 5.76 Å². The summed E-state index contributed by atoms with van der Waals surface area (Å²) in [7, 11) is 1.78.